The maximum absolute atomic E-state index is 11.4. The molecule has 0 saturated carbocycles. The van der Waals surface area contributed by atoms with Crippen LogP contribution in [-0.2, 0) is 14.4 Å². The van der Waals surface area contributed by atoms with E-state index in [2.05, 4.69) is 0 Å². The van der Waals surface area contributed by atoms with Crippen LogP contribution in [0.5, 0.6) is 0 Å². The molecule has 1 atom stereocenters. The van der Waals surface area contributed by atoms with Gasteiger partial charge in [0.05, 0.1) is 5.92 Å². The van der Waals surface area contributed by atoms with Gasteiger partial charge in [0.15, 0.2) is 0 Å². The van der Waals surface area contributed by atoms with E-state index in [0.717, 1.165) is 0 Å². The van der Waals surface area contributed by atoms with Crippen molar-refractivity contribution >= 4 is 17.6 Å². The third-order valence-corrected chi connectivity index (χ3v) is 2.19. The number of nitrogens with zero attached hydrogens (tertiary/aromatic N) is 1. The molecule has 4 nitrogen and oxygen atoms in total. The summed E-state index contributed by atoms with van der Waals surface area (Å²) in [6.45, 7) is 3.60. The highest BCUT2D eigenvalue weighted by Crippen LogP contribution is 2.22. The topological polar surface area (TPSA) is 54.5 Å². The Morgan fingerprint density at radius 3 is 2.54 bits per heavy atom. The average Bonchev–Trinajstić information content (AvgIpc) is 2.26. The molecular weight excluding hydrogens is 170 g/mol. The van der Waals surface area contributed by atoms with E-state index >= 15 is 0 Å². The number of amides is 2. The van der Waals surface area contributed by atoms with Gasteiger partial charge < -0.3 is 4.79 Å². The first-order valence-electron chi connectivity index (χ1n) is 4.40. The van der Waals surface area contributed by atoms with E-state index in [9.17, 15) is 14.4 Å². The maximum atomic E-state index is 11.4. The molecule has 1 heterocycles. The number of carbonyl (C=O) groups is 3. The van der Waals surface area contributed by atoms with Crippen LogP contribution in [0.15, 0.2) is 0 Å². The summed E-state index contributed by atoms with van der Waals surface area (Å²) in [5.41, 5.74) is 0. The fourth-order valence-electron chi connectivity index (χ4n) is 1.59. The quantitative estimate of drug-likeness (QED) is 0.593. The van der Waals surface area contributed by atoms with Crippen LogP contribution in [0.25, 0.3) is 0 Å². The van der Waals surface area contributed by atoms with Crippen molar-refractivity contribution in [3.05, 3.63) is 0 Å². The van der Waals surface area contributed by atoms with Crippen molar-refractivity contribution in [2.45, 2.75) is 26.7 Å². The van der Waals surface area contributed by atoms with Crippen LogP contribution in [0.3, 0.4) is 0 Å². The molecule has 4 heteroatoms. The summed E-state index contributed by atoms with van der Waals surface area (Å²) >= 11 is 0. The summed E-state index contributed by atoms with van der Waals surface area (Å²) in [4.78, 5) is 34.6. The normalized spacial score (nSPS) is 22.6. The van der Waals surface area contributed by atoms with Crippen molar-refractivity contribution in [1.82, 2.24) is 4.90 Å². The van der Waals surface area contributed by atoms with Gasteiger partial charge in [0.1, 0.15) is 5.78 Å². The minimum atomic E-state index is -0.398. The smallest absolute Gasteiger partial charge is 0.233 e. The number of ketones is 1. The molecule has 0 bridgehead atoms. The Morgan fingerprint density at radius 2 is 2.15 bits per heavy atom. The monoisotopic (exact) mass is 183 g/mol. The number of hydrogen-bond donors (Lipinski definition) is 0. The molecule has 13 heavy (non-hydrogen) atoms. The van der Waals surface area contributed by atoms with Crippen molar-refractivity contribution in [3.63, 3.8) is 0 Å². The zero-order chi connectivity index (χ0) is 10.0. The van der Waals surface area contributed by atoms with Crippen LogP contribution < -0.4 is 0 Å². The van der Waals surface area contributed by atoms with Crippen LogP contribution in [0.1, 0.15) is 26.7 Å². The Bertz CT molecular complexity index is 260. The predicted molar refractivity (Wildman–Crippen MR) is 45.8 cm³/mol. The van der Waals surface area contributed by atoms with Crippen LogP contribution in [0.4, 0.5) is 0 Å². The molecule has 0 aromatic carbocycles. The molecule has 1 unspecified atom stereocenters. The SMILES string of the molecule is CCN1C(=O)CC(CC(C)=O)C1=O. The minimum absolute atomic E-state index is 0.0379. The molecule has 1 aliphatic heterocycles. The van der Waals surface area contributed by atoms with E-state index in [1.54, 1.807) is 6.92 Å². The van der Waals surface area contributed by atoms with Crippen molar-refractivity contribution in [3.8, 4) is 0 Å². The van der Waals surface area contributed by atoms with Crippen molar-refractivity contribution in [2.75, 3.05) is 6.54 Å². The second kappa shape index (κ2) is 3.68. The highest BCUT2D eigenvalue weighted by molar-refractivity contribution is 6.04. The van der Waals surface area contributed by atoms with E-state index in [0.29, 0.717) is 6.54 Å². The van der Waals surface area contributed by atoms with Gasteiger partial charge in [-0.05, 0) is 13.8 Å². The molecular formula is C9H13NO3. The van der Waals surface area contributed by atoms with E-state index in [1.807, 2.05) is 0 Å². The Kier molecular flexibility index (Phi) is 2.80. The van der Waals surface area contributed by atoms with E-state index in [4.69, 9.17) is 0 Å². The Labute approximate surface area is 76.9 Å². The summed E-state index contributed by atoms with van der Waals surface area (Å²) in [6, 6.07) is 0. The first kappa shape index (κ1) is 9.89. The average molecular weight is 183 g/mol. The molecule has 2 amide bonds. The Hall–Kier alpha value is -1.19. The fraction of sp³-hybridized carbons (Fsp3) is 0.667. The molecule has 1 fully saturated rings. The van der Waals surface area contributed by atoms with Gasteiger partial charge in [0.25, 0.3) is 0 Å². The van der Waals surface area contributed by atoms with Crippen LogP contribution in [-0.4, -0.2) is 29.0 Å². The van der Waals surface area contributed by atoms with Gasteiger partial charge in [-0.25, -0.2) is 0 Å². The van der Waals surface area contributed by atoms with Crippen molar-refractivity contribution in [1.29, 1.82) is 0 Å². The molecule has 0 aromatic rings. The van der Waals surface area contributed by atoms with E-state index in [1.165, 1.54) is 11.8 Å². The van der Waals surface area contributed by atoms with Crippen molar-refractivity contribution in [2.24, 2.45) is 5.92 Å². The lowest BCUT2D eigenvalue weighted by Gasteiger charge is -2.10. The number of imide groups is 1. The van der Waals surface area contributed by atoms with Crippen LogP contribution >= 0.6 is 0 Å². The summed E-state index contributed by atoms with van der Waals surface area (Å²) in [5.74, 6) is -0.782. The fourth-order valence-corrected chi connectivity index (χ4v) is 1.59. The second-order valence-electron chi connectivity index (χ2n) is 3.28. The number of hydrogen-bond acceptors (Lipinski definition) is 3. The third-order valence-electron chi connectivity index (χ3n) is 2.19. The largest absolute Gasteiger partial charge is 0.300 e. The zero-order valence-electron chi connectivity index (χ0n) is 7.87. The summed E-state index contributed by atoms with van der Waals surface area (Å²) in [5, 5.41) is 0. The van der Waals surface area contributed by atoms with Gasteiger partial charge in [-0.3, -0.25) is 14.5 Å². The van der Waals surface area contributed by atoms with Gasteiger partial charge in [-0.2, -0.15) is 0 Å². The van der Waals surface area contributed by atoms with Crippen LogP contribution in [0.2, 0.25) is 0 Å². The standard InChI is InChI=1S/C9H13NO3/c1-3-10-8(12)5-7(9(10)13)4-6(2)11/h7H,3-5H2,1-2H3. The van der Waals surface area contributed by atoms with Gasteiger partial charge in [0, 0.05) is 19.4 Å². The Morgan fingerprint density at radius 1 is 1.54 bits per heavy atom. The first-order valence-corrected chi connectivity index (χ1v) is 4.40. The number of rotatable bonds is 3. The minimum Gasteiger partial charge on any atom is -0.300 e. The summed E-state index contributed by atoms with van der Waals surface area (Å²) in [6.07, 6.45) is 0.396. The maximum Gasteiger partial charge on any atom is 0.233 e. The van der Waals surface area contributed by atoms with Gasteiger partial charge in [0.2, 0.25) is 11.8 Å². The predicted octanol–water partition coefficient (Wildman–Crippen LogP) is 0.361. The highest BCUT2D eigenvalue weighted by atomic mass is 16.2. The summed E-state index contributed by atoms with van der Waals surface area (Å²) < 4.78 is 0. The van der Waals surface area contributed by atoms with Crippen molar-refractivity contribution < 1.29 is 14.4 Å². The van der Waals surface area contributed by atoms with E-state index < -0.39 is 5.92 Å². The lowest BCUT2D eigenvalue weighted by molar-refractivity contribution is -0.139. The third kappa shape index (κ3) is 1.94. The van der Waals surface area contributed by atoms with Gasteiger partial charge >= 0.3 is 0 Å². The lowest BCUT2D eigenvalue weighted by atomic mass is 10.0. The van der Waals surface area contributed by atoms with E-state index in [-0.39, 0.29) is 30.4 Å². The Balaban J connectivity index is 2.67. The van der Waals surface area contributed by atoms with Gasteiger partial charge in [-0.15, -0.1) is 0 Å². The summed E-state index contributed by atoms with van der Waals surface area (Å²) in [7, 11) is 0. The highest BCUT2D eigenvalue weighted by Gasteiger charge is 2.37. The number of likely N-dealkylation sites (tertiary alicyclic amines) is 1. The first-order chi connectivity index (χ1) is 6.06. The van der Waals surface area contributed by atoms with Crippen LogP contribution in [0, 0.1) is 5.92 Å². The molecule has 0 aliphatic carbocycles. The number of Topliss-reactive ketones (excluding diaryl/α,β-unsaturated/α-hetero) is 1. The molecule has 0 spiro atoms. The molecule has 1 saturated heterocycles. The molecule has 1 aliphatic rings. The molecule has 72 valence electrons. The lowest BCUT2D eigenvalue weighted by Crippen LogP contribution is -2.30. The number of carbonyl (C=O) groups excluding carboxylic acids is 3. The zero-order valence-corrected chi connectivity index (χ0v) is 7.87. The molecule has 1 rings (SSSR count). The molecule has 0 aromatic heterocycles. The van der Waals surface area contributed by atoms with Gasteiger partial charge in [-0.1, -0.05) is 0 Å². The molecule has 0 N–H and O–H groups in total. The molecule has 0 radical (unpaired) electrons. The second-order valence-corrected chi connectivity index (χ2v) is 3.28.